The van der Waals surface area contributed by atoms with Crippen molar-refractivity contribution in [2.24, 2.45) is 15.9 Å². The van der Waals surface area contributed by atoms with Gasteiger partial charge in [0.15, 0.2) is 5.13 Å². The minimum atomic E-state index is -0.741. The van der Waals surface area contributed by atoms with Crippen LogP contribution in [0.3, 0.4) is 0 Å². The second-order valence-electron chi connectivity index (χ2n) is 20.3. The number of benzene rings is 4. The van der Waals surface area contributed by atoms with Crippen LogP contribution in [0.5, 0.6) is 11.5 Å². The highest BCUT2D eigenvalue weighted by Gasteiger charge is 2.41. The number of nitrogens with zero attached hydrogens (tertiary/aromatic N) is 7. The van der Waals surface area contributed by atoms with Crippen molar-refractivity contribution in [2.75, 3.05) is 123 Å². The summed E-state index contributed by atoms with van der Waals surface area (Å²) >= 11 is 1.28. The van der Waals surface area contributed by atoms with Crippen LogP contribution in [0.15, 0.2) is 125 Å². The maximum atomic E-state index is 14.0. The number of aliphatic imine (C=N–C) groups is 1. The first-order chi connectivity index (χ1) is 40.1. The molecule has 1 saturated carbocycles. The standard InChI is InChI=1S/C61H81N11O9S/c1-69(29-9-10-35-80-54-22-16-49(17-23-54)58(59(75)64-44-48-13-7-4-8-14-48)72(53-20-21-53)56(73)26-15-47-11-5-3-6-12-47)34-38-79-40-39-77-36-27-51(68-62)45-63-28-37-78-41-42-81-55-24-18-50(19-25-55)65-60(76)67-61-66-52(46-82-61)43-57(74)71-32-30-70(2)31-33-71/h3-8,11-14,16-19,22-25,45-46,53,58H,9-10,15,20-21,26-44,62H2,1-2H3,(H,64,75)(H2,65,66,67,76)/b63-45?,68-51-. The third kappa shape index (κ3) is 22.6. The Kier molecular flexibility index (Phi) is 26.5. The number of rotatable bonds is 36. The molecule has 1 aromatic heterocycles. The molecule has 2 heterocycles. The lowest BCUT2D eigenvalue weighted by Gasteiger charge is -2.32. The summed E-state index contributed by atoms with van der Waals surface area (Å²) in [6, 6.07) is 33.3. The number of anilines is 2. The molecule has 2 aliphatic rings. The number of carbonyl (C=O) groups excluding carboxylic acids is 4. The zero-order chi connectivity index (χ0) is 57.6. The summed E-state index contributed by atoms with van der Waals surface area (Å²) in [5.41, 5.74) is 4.71. The predicted octanol–water partition coefficient (Wildman–Crippen LogP) is 7.08. The van der Waals surface area contributed by atoms with Crippen LogP contribution in [0, 0.1) is 0 Å². The van der Waals surface area contributed by atoms with Crippen molar-refractivity contribution in [1.82, 2.24) is 29.9 Å². The van der Waals surface area contributed by atoms with E-state index in [1.165, 1.54) is 11.3 Å². The quantitative estimate of drug-likeness (QED) is 0.0136. The van der Waals surface area contributed by atoms with Crippen molar-refractivity contribution in [1.29, 1.82) is 0 Å². The Morgan fingerprint density at radius 1 is 0.744 bits per heavy atom. The average molecular weight is 1140 g/mol. The van der Waals surface area contributed by atoms with Gasteiger partial charge in [-0.25, -0.2) is 9.78 Å². The molecule has 4 aromatic carbocycles. The van der Waals surface area contributed by atoms with Gasteiger partial charge in [0.1, 0.15) is 24.1 Å². The van der Waals surface area contributed by atoms with E-state index in [9.17, 15) is 19.2 Å². The number of aryl methyl sites for hydroxylation is 1. The summed E-state index contributed by atoms with van der Waals surface area (Å²) in [6.07, 6.45) is 6.93. The van der Waals surface area contributed by atoms with E-state index in [0.29, 0.717) is 126 Å². The maximum Gasteiger partial charge on any atom is 0.325 e. The van der Waals surface area contributed by atoms with E-state index in [0.717, 1.165) is 74.3 Å². The zero-order valence-corrected chi connectivity index (χ0v) is 48.3. The van der Waals surface area contributed by atoms with Crippen molar-refractivity contribution in [3.63, 3.8) is 0 Å². The van der Waals surface area contributed by atoms with Gasteiger partial charge in [-0.05, 0) is 106 Å². The number of nitrogens with one attached hydrogen (secondary N) is 3. The molecule has 0 radical (unpaired) electrons. The number of ether oxygens (including phenoxy) is 5. The van der Waals surface area contributed by atoms with E-state index in [1.807, 2.05) is 102 Å². The number of piperazine rings is 1. The highest BCUT2D eigenvalue weighted by molar-refractivity contribution is 7.14. The molecule has 440 valence electrons. The van der Waals surface area contributed by atoms with Crippen molar-refractivity contribution in [3.05, 3.63) is 137 Å². The maximum absolute atomic E-state index is 14.0. The second kappa shape index (κ2) is 34.9. The van der Waals surface area contributed by atoms with Gasteiger partial charge in [0.25, 0.3) is 0 Å². The summed E-state index contributed by atoms with van der Waals surface area (Å²) in [4.78, 5) is 70.0. The van der Waals surface area contributed by atoms with Gasteiger partial charge in [0.05, 0.1) is 70.6 Å². The summed E-state index contributed by atoms with van der Waals surface area (Å²) in [7, 11) is 4.13. The van der Waals surface area contributed by atoms with Gasteiger partial charge in [-0.3, -0.25) is 24.7 Å². The Morgan fingerprint density at radius 2 is 1.40 bits per heavy atom. The Morgan fingerprint density at radius 3 is 2.11 bits per heavy atom. The van der Waals surface area contributed by atoms with E-state index in [-0.39, 0.29) is 30.2 Å². The van der Waals surface area contributed by atoms with Gasteiger partial charge in [-0.1, -0.05) is 72.8 Å². The van der Waals surface area contributed by atoms with Gasteiger partial charge < -0.3 is 59.8 Å². The molecule has 2 fully saturated rings. The molecule has 21 heteroatoms. The van der Waals surface area contributed by atoms with Crippen LogP contribution >= 0.6 is 11.3 Å². The summed E-state index contributed by atoms with van der Waals surface area (Å²) < 4.78 is 29.1. The first kappa shape index (κ1) is 62.3. The van der Waals surface area contributed by atoms with E-state index < -0.39 is 12.1 Å². The normalized spacial score (nSPS) is 14.2. The van der Waals surface area contributed by atoms with Crippen LogP contribution in [0.1, 0.15) is 67.0 Å². The molecule has 7 rings (SSSR count). The largest absolute Gasteiger partial charge is 0.494 e. The third-order valence-electron chi connectivity index (χ3n) is 13.8. The van der Waals surface area contributed by atoms with Crippen molar-refractivity contribution in [2.45, 2.75) is 70.0 Å². The smallest absolute Gasteiger partial charge is 0.325 e. The van der Waals surface area contributed by atoms with Crippen LogP contribution in [-0.4, -0.2) is 179 Å². The van der Waals surface area contributed by atoms with Crippen LogP contribution in [0.4, 0.5) is 15.6 Å². The number of aromatic nitrogens is 1. The molecule has 5 amide bonds. The molecular weight excluding hydrogens is 1060 g/mol. The van der Waals surface area contributed by atoms with Crippen molar-refractivity contribution >= 4 is 57.8 Å². The SMILES string of the molecule is CN(CCCCOc1ccc(C(C(=O)NCc2ccccc2)N(C(=O)CCc2ccccc2)C2CC2)cc1)CCOCCOCC/C(C=NCCOCCOc1ccc(NC(=O)Nc2nc(CC(=O)N3CCN(C)CC3)cs2)cc1)=N/N. The average Bonchev–Trinajstić information content (AvgIpc) is 4.28. The Balaban J connectivity index is 0.675. The molecular formula is C61H81N11O9S. The van der Waals surface area contributed by atoms with E-state index in [2.05, 4.69) is 47.9 Å². The topological polar surface area (TPSA) is 227 Å². The fraction of sp³-hybridized carbons (Fsp3) is 0.459. The second-order valence-corrected chi connectivity index (χ2v) is 21.1. The number of nitrogens with two attached hydrogens (primary N) is 1. The highest BCUT2D eigenvalue weighted by atomic mass is 32.1. The van der Waals surface area contributed by atoms with E-state index >= 15 is 0 Å². The lowest BCUT2D eigenvalue weighted by Crippen LogP contribution is -2.47. The summed E-state index contributed by atoms with van der Waals surface area (Å²) in [5, 5.41) is 14.7. The van der Waals surface area contributed by atoms with Crippen molar-refractivity contribution < 1.29 is 42.9 Å². The number of hydrogen-bond acceptors (Lipinski definition) is 16. The molecule has 0 spiro atoms. The van der Waals surface area contributed by atoms with Gasteiger partial charge in [0, 0.05) is 75.4 Å². The number of likely N-dealkylation sites (N-methyl/N-ethyl adjacent to an activating group) is 2. The number of hydrazone groups is 1. The van der Waals surface area contributed by atoms with Crippen LogP contribution in [-0.2, 0) is 48.0 Å². The van der Waals surface area contributed by atoms with Crippen LogP contribution in [0.25, 0.3) is 0 Å². The van der Waals surface area contributed by atoms with Crippen molar-refractivity contribution in [3.8, 4) is 11.5 Å². The number of urea groups is 1. The molecule has 1 aliphatic heterocycles. The summed E-state index contributed by atoms with van der Waals surface area (Å²) in [5.74, 6) is 6.78. The molecule has 1 aliphatic carbocycles. The number of carbonyl (C=O) groups is 4. The molecule has 1 atom stereocenters. The first-order valence-electron chi connectivity index (χ1n) is 28.4. The van der Waals surface area contributed by atoms with E-state index in [1.54, 1.807) is 35.9 Å². The molecule has 5 aromatic rings. The molecule has 1 saturated heterocycles. The zero-order valence-electron chi connectivity index (χ0n) is 47.5. The molecule has 1 unspecified atom stereocenters. The minimum Gasteiger partial charge on any atom is -0.494 e. The van der Waals surface area contributed by atoms with Gasteiger partial charge in [-0.15, -0.1) is 11.3 Å². The Hall–Kier alpha value is -7.27. The molecule has 5 N–H and O–H groups in total. The van der Waals surface area contributed by atoms with Crippen LogP contribution in [0.2, 0.25) is 0 Å². The predicted molar refractivity (Wildman–Crippen MR) is 321 cm³/mol. The molecule has 0 bridgehead atoms. The molecule has 82 heavy (non-hydrogen) atoms. The molecule has 20 nitrogen and oxygen atoms in total. The Bertz CT molecular complexity index is 2740. The highest BCUT2D eigenvalue weighted by Crippen LogP contribution is 2.36. The number of hydrogen-bond donors (Lipinski definition) is 4. The minimum absolute atomic E-state index is 0.0146. The number of amides is 5. The van der Waals surface area contributed by atoms with Crippen LogP contribution < -0.4 is 31.3 Å². The fourth-order valence-corrected chi connectivity index (χ4v) is 9.64. The Labute approximate surface area is 486 Å². The fourth-order valence-electron chi connectivity index (χ4n) is 8.94. The van der Waals surface area contributed by atoms with E-state index in [4.69, 9.17) is 29.5 Å². The first-order valence-corrected chi connectivity index (χ1v) is 29.3. The summed E-state index contributed by atoms with van der Waals surface area (Å²) in [6.45, 7) is 9.30. The third-order valence-corrected chi connectivity index (χ3v) is 14.6. The number of unbranched alkanes of at least 4 members (excludes halogenated alkanes) is 1. The monoisotopic (exact) mass is 1140 g/mol. The lowest BCUT2D eigenvalue weighted by atomic mass is 10.0. The van der Waals surface area contributed by atoms with Gasteiger partial charge in [-0.2, -0.15) is 5.10 Å². The van der Waals surface area contributed by atoms with Gasteiger partial charge >= 0.3 is 6.03 Å². The lowest BCUT2D eigenvalue weighted by molar-refractivity contribution is -0.141. The van der Waals surface area contributed by atoms with Gasteiger partial charge in [0.2, 0.25) is 17.7 Å². The number of thiazole rings is 1.